The molecule has 1 amide bonds. The molecule has 0 bridgehead atoms. The zero-order valence-corrected chi connectivity index (χ0v) is 20.2. The van der Waals surface area contributed by atoms with Gasteiger partial charge >= 0.3 is 0 Å². The number of hydrogen-bond donors (Lipinski definition) is 2. The monoisotopic (exact) mass is 449 g/mol. The summed E-state index contributed by atoms with van der Waals surface area (Å²) < 4.78 is 0. The van der Waals surface area contributed by atoms with E-state index in [1.54, 1.807) is 0 Å². The molecule has 1 saturated carbocycles. The van der Waals surface area contributed by atoms with E-state index in [0.717, 1.165) is 57.3 Å². The summed E-state index contributed by atoms with van der Waals surface area (Å²) in [4.78, 5) is 17.5. The number of nitrogens with zero attached hydrogens (tertiary/aromatic N) is 2. The smallest absolute Gasteiger partial charge is 0.234 e. The second kappa shape index (κ2) is 10.7. The van der Waals surface area contributed by atoms with E-state index in [1.165, 1.54) is 11.3 Å². The fourth-order valence-electron chi connectivity index (χ4n) is 5.87. The molecule has 3 atom stereocenters. The highest BCUT2D eigenvalue weighted by Crippen LogP contribution is 2.49. The highest BCUT2D eigenvalue weighted by Gasteiger charge is 2.49. The zero-order valence-electron chi connectivity index (χ0n) is 20.2. The molecule has 4 rings (SSSR count). The summed E-state index contributed by atoms with van der Waals surface area (Å²) in [7, 11) is 0. The number of carbonyl (C=O) groups is 1. The number of nitrogens with one attached hydrogen (secondary N) is 1. The lowest BCUT2D eigenvalue weighted by Crippen LogP contribution is -2.56. The van der Waals surface area contributed by atoms with Crippen LogP contribution in [0.15, 0.2) is 54.6 Å². The molecule has 0 unspecified atom stereocenters. The quantitative estimate of drug-likeness (QED) is 0.622. The van der Waals surface area contributed by atoms with Gasteiger partial charge in [-0.2, -0.15) is 0 Å². The molecular formula is C28H39N3O2. The molecule has 2 aromatic rings. The van der Waals surface area contributed by atoms with Gasteiger partial charge in [0.2, 0.25) is 5.91 Å². The summed E-state index contributed by atoms with van der Waals surface area (Å²) in [5, 5.41) is 14.6. The van der Waals surface area contributed by atoms with Crippen molar-refractivity contribution in [2.75, 3.05) is 31.1 Å². The number of piperidine rings is 1. The lowest BCUT2D eigenvalue weighted by molar-refractivity contribution is -0.138. The first-order valence-electron chi connectivity index (χ1n) is 12.7. The van der Waals surface area contributed by atoms with Crippen LogP contribution in [0.2, 0.25) is 0 Å². The second-order valence-corrected chi connectivity index (χ2v) is 9.65. The van der Waals surface area contributed by atoms with E-state index in [4.69, 9.17) is 0 Å². The lowest BCUT2D eigenvalue weighted by Gasteiger charge is -2.52. The number of benzene rings is 2. The normalized spacial score (nSPS) is 25.3. The van der Waals surface area contributed by atoms with Crippen LogP contribution >= 0.6 is 0 Å². The summed E-state index contributed by atoms with van der Waals surface area (Å²) in [5.41, 5.74) is 2.93. The van der Waals surface area contributed by atoms with Gasteiger partial charge < -0.3 is 15.3 Å². The first kappa shape index (κ1) is 23.8. The van der Waals surface area contributed by atoms with Crippen molar-refractivity contribution in [1.82, 2.24) is 10.2 Å². The molecule has 0 aromatic heterocycles. The molecule has 2 aromatic carbocycles. The Kier molecular flexibility index (Phi) is 7.71. The van der Waals surface area contributed by atoms with E-state index in [1.807, 2.05) is 30.3 Å². The molecule has 2 fully saturated rings. The average Bonchev–Trinajstić information content (AvgIpc) is 2.85. The number of likely N-dealkylation sites (tertiary alicyclic amines) is 1. The van der Waals surface area contributed by atoms with Gasteiger partial charge in [0.05, 0.1) is 12.1 Å². The lowest BCUT2D eigenvalue weighted by atomic mass is 9.66. The number of carbonyl (C=O) groups excluding carboxylic acids is 1. The van der Waals surface area contributed by atoms with E-state index in [9.17, 15) is 9.90 Å². The molecule has 5 heteroatoms. The summed E-state index contributed by atoms with van der Waals surface area (Å²) in [5.74, 6) is 0.214. The van der Waals surface area contributed by atoms with Gasteiger partial charge in [0.15, 0.2) is 0 Å². The van der Waals surface area contributed by atoms with Gasteiger partial charge in [-0.1, -0.05) is 55.3 Å². The van der Waals surface area contributed by atoms with Gasteiger partial charge in [0, 0.05) is 43.8 Å². The van der Waals surface area contributed by atoms with Crippen molar-refractivity contribution in [3.05, 3.63) is 65.7 Å². The molecule has 1 aliphatic carbocycles. The van der Waals surface area contributed by atoms with Gasteiger partial charge in [0.1, 0.15) is 0 Å². The molecule has 1 saturated heterocycles. The molecule has 1 aliphatic heterocycles. The Bertz CT molecular complexity index is 897. The number of hydrogen-bond acceptors (Lipinski definition) is 4. The Morgan fingerprint density at radius 3 is 2.48 bits per heavy atom. The fourth-order valence-corrected chi connectivity index (χ4v) is 5.87. The van der Waals surface area contributed by atoms with Crippen LogP contribution in [0.5, 0.6) is 0 Å². The van der Waals surface area contributed by atoms with Crippen LogP contribution in [0.1, 0.15) is 63.1 Å². The molecule has 0 radical (unpaired) electrons. The Hall–Kier alpha value is -2.37. The standard InChI is InChI=1S/C28H39N3O2/c1-3-30(4-2)24-15-13-23(14-16-24)27-25-12-8-9-17-28(25,33)18-19-31(27)21-26(32)29-20-22-10-6-5-7-11-22/h5-7,10-11,13-16,25,27,33H,3-4,8-9,12,17-21H2,1-2H3,(H,29,32)/t25-,27+,28-/m0/s1. The number of amides is 1. The summed E-state index contributed by atoms with van der Waals surface area (Å²) >= 11 is 0. The summed E-state index contributed by atoms with van der Waals surface area (Å²) in [6, 6.07) is 18.9. The topological polar surface area (TPSA) is 55.8 Å². The first-order chi connectivity index (χ1) is 16.0. The van der Waals surface area contributed by atoms with Gasteiger partial charge in [-0.15, -0.1) is 0 Å². The van der Waals surface area contributed by atoms with E-state index in [0.29, 0.717) is 13.1 Å². The molecule has 2 aliphatic rings. The SMILES string of the molecule is CCN(CC)c1ccc([C@@H]2[C@@H]3CCCC[C@]3(O)CCN2CC(=O)NCc2ccccc2)cc1. The number of fused-ring (bicyclic) bond motifs is 1. The number of anilines is 1. The maximum atomic E-state index is 12.9. The fraction of sp³-hybridized carbons (Fsp3) is 0.536. The molecule has 178 valence electrons. The van der Waals surface area contributed by atoms with Crippen molar-refractivity contribution in [2.45, 2.75) is 64.1 Å². The molecule has 2 N–H and O–H groups in total. The van der Waals surface area contributed by atoms with E-state index in [2.05, 4.69) is 53.2 Å². The first-order valence-corrected chi connectivity index (χ1v) is 12.7. The largest absolute Gasteiger partial charge is 0.389 e. The van der Waals surface area contributed by atoms with Crippen LogP contribution in [-0.2, 0) is 11.3 Å². The van der Waals surface area contributed by atoms with Crippen LogP contribution in [0.3, 0.4) is 0 Å². The predicted octanol–water partition coefficient (Wildman–Crippen LogP) is 4.52. The summed E-state index contributed by atoms with van der Waals surface area (Å²) in [6.07, 6.45) is 4.88. The molecule has 5 nitrogen and oxygen atoms in total. The van der Waals surface area contributed by atoms with Crippen molar-refractivity contribution >= 4 is 11.6 Å². The van der Waals surface area contributed by atoms with Crippen LogP contribution < -0.4 is 10.2 Å². The zero-order chi connectivity index (χ0) is 23.3. The third kappa shape index (κ3) is 5.42. The number of rotatable bonds is 8. The second-order valence-electron chi connectivity index (χ2n) is 9.65. The van der Waals surface area contributed by atoms with Gasteiger partial charge in [-0.05, 0) is 56.4 Å². The molecule has 1 heterocycles. The number of aliphatic hydroxyl groups is 1. The highest BCUT2D eigenvalue weighted by molar-refractivity contribution is 5.78. The molecule has 0 spiro atoms. The Morgan fingerprint density at radius 2 is 1.79 bits per heavy atom. The Morgan fingerprint density at radius 1 is 1.06 bits per heavy atom. The van der Waals surface area contributed by atoms with Gasteiger partial charge in [-0.25, -0.2) is 0 Å². The van der Waals surface area contributed by atoms with E-state index < -0.39 is 5.60 Å². The average molecular weight is 450 g/mol. The minimum Gasteiger partial charge on any atom is -0.389 e. The Balaban J connectivity index is 1.53. The van der Waals surface area contributed by atoms with E-state index >= 15 is 0 Å². The van der Waals surface area contributed by atoms with Crippen molar-refractivity contribution < 1.29 is 9.90 Å². The maximum absolute atomic E-state index is 12.9. The van der Waals surface area contributed by atoms with Crippen molar-refractivity contribution in [1.29, 1.82) is 0 Å². The van der Waals surface area contributed by atoms with Crippen molar-refractivity contribution in [2.24, 2.45) is 5.92 Å². The van der Waals surface area contributed by atoms with Crippen molar-refractivity contribution in [3.8, 4) is 0 Å². The van der Waals surface area contributed by atoms with Gasteiger partial charge in [0.25, 0.3) is 0 Å². The minimum absolute atomic E-state index is 0.0462. The summed E-state index contributed by atoms with van der Waals surface area (Å²) in [6.45, 7) is 7.97. The van der Waals surface area contributed by atoms with Crippen LogP contribution in [0.4, 0.5) is 5.69 Å². The highest BCUT2D eigenvalue weighted by atomic mass is 16.3. The van der Waals surface area contributed by atoms with Crippen molar-refractivity contribution in [3.63, 3.8) is 0 Å². The Labute approximate surface area is 198 Å². The van der Waals surface area contributed by atoms with Crippen LogP contribution in [0, 0.1) is 5.92 Å². The molecular weight excluding hydrogens is 410 g/mol. The molecule has 33 heavy (non-hydrogen) atoms. The third-order valence-corrected chi connectivity index (χ3v) is 7.71. The van der Waals surface area contributed by atoms with E-state index in [-0.39, 0.29) is 17.9 Å². The van der Waals surface area contributed by atoms with Gasteiger partial charge in [-0.3, -0.25) is 9.69 Å². The predicted molar refractivity (Wildman–Crippen MR) is 134 cm³/mol. The minimum atomic E-state index is -0.614. The van der Waals surface area contributed by atoms with Crippen LogP contribution in [0.25, 0.3) is 0 Å². The van der Waals surface area contributed by atoms with Crippen LogP contribution in [-0.4, -0.2) is 47.7 Å². The maximum Gasteiger partial charge on any atom is 0.234 e. The third-order valence-electron chi connectivity index (χ3n) is 7.71.